The number of aliphatic carboxylic acids is 1. The molecule has 0 radical (unpaired) electrons. The number of carboxylic acids is 1. The Morgan fingerprint density at radius 2 is 2.18 bits per heavy atom. The van der Waals surface area contributed by atoms with Gasteiger partial charge in [-0.1, -0.05) is 25.9 Å². The largest absolute Gasteiger partial charge is 0.480 e. The van der Waals surface area contributed by atoms with Crippen LogP contribution in [0.25, 0.3) is 0 Å². The van der Waals surface area contributed by atoms with E-state index in [0.29, 0.717) is 18.0 Å². The quantitative estimate of drug-likeness (QED) is 0.792. The second-order valence-corrected chi connectivity index (χ2v) is 6.02. The lowest BCUT2D eigenvalue weighted by molar-refractivity contribution is -0.139. The highest BCUT2D eigenvalue weighted by Gasteiger charge is 2.35. The van der Waals surface area contributed by atoms with Crippen LogP contribution in [0, 0.1) is 0 Å². The normalized spacial score (nSPS) is 21.0. The first-order chi connectivity index (χ1) is 10.4. The van der Waals surface area contributed by atoms with Gasteiger partial charge in [0.15, 0.2) is 5.69 Å². The second kappa shape index (κ2) is 6.91. The summed E-state index contributed by atoms with van der Waals surface area (Å²) in [6.07, 6.45) is 1.53. The fourth-order valence-electron chi connectivity index (χ4n) is 2.60. The molecule has 2 N–H and O–H groups in total. The summed E-state index contributed by atoms with van der Waals surface area (Å²) in [6, 6.07) is 1.95. The summed E-state index contributed by atoms with van der Waals surface area (Å²) >= 11 is 0. The lowest BCUT2D eigenvalue weighted by Crippen LogP contribution is -2.54. The number of carbonyl (C=O) groups excluding carboxylic acids is 1. The number of carboxylic acid groups (broad SMARTS) is 1. The van der Waals surface area contributed by atoms with Crippen molar-refractivity contribution in [2.24, 2.45) is 0 Å². The van der Waals surface area contributed by atoms with Gasteiger partial charge >= 0.3 is 5.97 Å². The van der Waals surface area contributed by atoms with E-state index in [4.69, 9.17) is 9.63 Å². The van der Waals surface area contributed by atoms with E-state index in [1.165, 1.54) is 0 Å². The van der Waals surface area contributed by atoms with Gasteiger partial charge in [-0.15, -0.1) is 0 Å². The van der Waals surface area contributed by atoms with Gasteiger partial charge in [-0.2, -0.15) is 0 Å². The number of rotatable bonds is 7. The Balaban J connectivity index is 1.81. The van der Waals surface area contributed by atoms with Crippen LogP contribution < -0.4 is 5.32 Å². The maximum Gasteiger partial charge on any atom is 0.317 e. The number of amides is 1. The second-order valence-electron chi connectivity index (χ2n) is 6.02. The van der Waals surface area contributed by atoms with Crippen molar-refractivity contribution >= 4 is 11.9 Å². The average molecular weight is 309 g/mol. The van der Waals surface area contributed by atoms with Crippen LogP contribution in [0.4, 0.5) is 0 Å². The zero-order valence-electron chi connectivity index (χ0n) is 13.2. The van der Waals surface area contributed by atoms with Crippen LogP contribution in [-0.4, -0.2) is 52.2 Å². The standard InChI is InChI=1S/C15H23N3O4/c1-4-18(8-14(19)20)11-5-10(6-11)16-15(21)12-7-13(9(2)3)22-17-12/h7,9-11H,4-6,8H2,1-3H3,(H,16,21)(H,19,20). The van der Waals surface area contributed by atoms with Gasteiger partial charge in [-0.25, -0.2) is 0 Å². The van der Waals surface area contributed by atoms with E-state index in [1.807, 2.05) is 25.7 Å². The number of hydrogen-bond donors (Lipinski definition) is 2. The van der Waals surface area contributed by atoms with Gasteiger partial charge in [0.1, 0.15) is 5.76 Å². The minimum atomic E-state index is -0.821. The molecule has 1 fully saturated rings. The third kappa shape index (κ3) is 3.85. The molecule has 0 unspecified atom stereocenters. The molecule has 1 aliphatic rings. The van der Waals surface area contributed by atoms with Crippen LogP contribution in [0.3, 0.4) is 0 Å². The Labute approximate surface area is 129 Å². The van der Waals surface area contributed by atoms with E-state index in [1.54, 1.807) is 6.07 Å². The van der Waals surface area contributed by atoms with Gasteiger partial charge in [0.25, 0.3) is 5.91 Å². The third-order valence-electron chi connectivity index (χ3n) is 4.04. The smallest absolute Gasteiger partial charge is 0.317 e. The Hall–Kier alpha value is -1.89. The van der Waals surface area contributed by atoms with E-state index < -0.39 is 5.97 Å². The topological polar surface area (TPSA) is 95.7 Å². The fraction of sp³-hybridized carbons (Fsp3) is 0.667. The third-order valence-corrected chi connectivity index (χ3v) is 4.04. The van der Waals surface area contributed by atoms with Crippen molar-refractivity contribution in [1.82, 2.24) is 15.4 Å². The average Bonchev–Trinajstić information content (AvgIpc) is 2.89. The van der Waals surface area contributed by atoms with E-state index in [9.17, 15) is 9.59 Å². The zero-order valence-corrected chi connectivity index (χ0v) is 13.2. The molecule has 1 amide bonds. The first kappa shape index (κ1) is 16.5. The fourth-order valence-corrected chi connectivity index (χ4v) is 2.60. The number of likely N-dealkylation sites (N-methyl/N-ethyl adjacent to an activating group) is 1. The van der Waals surface area contributed by atoms with Gasteiger partial charge in [0.05, 0.1) is 6.54 Å². The Morgan fingerprint density at radius 3 is 2.68 bits per heavy atom. The first-order valence-electron chi connectivity index (χ1n) is 7.64. The maximum atomic E-state index is 12.1. The molecule has 0 aromatic carbocycles. The molecule has 0 aliphatic heterocycles. The molecule has 22 heavy (non-hydrogen) atoms. The van der Waals surface area contributed by atoms with Gasteiger partial charge in [0, 0.05) is 24.1 Å². The van der Waals surface area contributed by atoms with Crippen molar-refractivity contribution < 1.29 is 19.2 Å². The van der Waals surface area contributed by atoms with E-state index in [-0.39, 0.29) is 30.5 Å². The highest BCUT2D eigenvalue weighted by Crippen LogP contribution is 2.26. The van der Waals surface area contributed by atoms with Crippen LogP contribution in [0.2, 0.25) is 0 Å². The number of carbonyl (C=O) groups is 2. The van der Waals surface area contributed by atoms with Gasteiger partial charge in [-0.3, -0.25) is 14.5 Å². The lowest BCUT2D eigenvalue weighted by Gasteiger charge is -2.42. The molecule has 0 saturated heterocycles. The predicted octanol–water partition coefficient (Wildman–Crippen LogP) is 1.47. The number of nitrogens with one attached hydrogen (secondary N) is 1. The highest BCUT2D eigenvalue weighted by molar-refractivity contribution is 5.92. The van der Waals surface area contributed by atoms with Crippen LogP contribution in [0.5, 0.6) is 0 Å². The first-order valence-corrected chi connectivity index (χ1v) is 7.64. The van der Waals surface area contributed by atoms with Gasteiger partial charge < -0.3 is 14.9 Å². The van der Waals surface area contributed by atoms with Crippen molar-refractivity contribution in [3.05, 3.63) is 17.5 Å². The molecule has 0 atom stereocenters. The lowest BCUT2D eigenvalue weighted by atomic mass is 9.85. The summed E-state index contributed by atoms with van der Waals surface area (Å²) in [5.41, 5.74) is 0.296. The summed E-state index contributed by atoms with van der Waals surface area (Å²) in [5, 5.41) is 15.6. The summed E-state index contributed by atoms with van der Waals surface area (Å²) in [7, 11) is 0. The Bertz CT molecular complexity index is 535. The summed E-state index contributed by atoms with van der Waals surface area (Å²) < 4.78 is 5.12. The zero-order chi connectivity index (χ0) is 16.3. The van der Waals surface area contributed by atoms with Crippen molar-refractivity contribution in [3.8, 4) is 0 Å². The summed E-state index contributed by atoms with van der Waals surface area (Å²) in [6.45, 7) is 6.63. The van der Waals surface area contributed by atoms with Crippen LogP contribution in [-0.2, 0) is 4.79 Å². The molecule has 1 aromatic rings. The SMILES string of the molecule is CCN(CC(=O)O)C1CC(NC(=O)c2cc(C(C)C)on2)C1. The Kier molecular flexibility index (Phi) is 5.18. The Morgan fingerprint density at radius 1 is 1.50 bits per heavy atom. The monoisotopic (exact) mass is 309 g/mol. The molecule has 0 bridgehead atoms. The van der Waals surface area contributed by atoms with Crippen LogP contribution in [0.1, 0.15) is 55.8 Å². The molecule has 7 heteroatoms. The number of aromatic nitrogens is 1. The molecule has 0 spiro atoms. The molecule has 1 heterocycles. The van der Waals surface area contributed by atoms with E-state index in [0.717, 1.165) is 12.8 Å². The molecular weight excluding hydrogens is 286 g/mol. The predicted molar refractivity (Wildman–Crippen MR) is 79.8 cm³/mol. The number of nitrogens with zero attached hydrogens (tertiary/aromatic N) is 2. The molecule has 1 aromatic heterocycles. The maximum absolute atomic E-state index is 12.1. The van der Waals surface area contributed by atoms with Crippen LogP contribution in [0.15, 0.2) is 10.6 Å². The van der Waals surface area contributed by atoms with Crippen molar-refractivity contribution in [2.75, 3.05) is 13.1 Å². The molecule has 1 aliphatic carbocycles. The molecule has 122 valence electrons. The summed E-state index contributed by atoms with van der Waals surface area (Å²) in [4.78, 5) is 24.8. The van der Waals surface area contributed by atoms with Crippen molar-refractivity contribution in [3.63, 3.8) is 0 Å². The van der Waals surface area contributed by atoms with E-state index >= 15 is 0 Å². The molecule has 1 saturated carbocycles. The van der Waals surface area contributed by atoms with Gasteiger partial charge in [0.2, 0.25) is 0 Å². The summed E-state index contributed by atoms with van der Waals surface area (Å²) in [5.74, 6) is -0.176. The van der Waals surface area contributed by atoms with Crippen molar-refractivity contribution in [2.45, 2.75) is 51.6 Å². The number of hydrogen-bond acceptors (Lipinski definition) is 5. The minimum absolute atomic E-state index is 0.0445. The molecular formula is C15H23N3O4. The minimum Gasteiger partial charge on any atom is -0.480 e. The highest BCUT2D eigenvalue weighted by atomic mass is 16.5. The molecule has 7 nitrogen and oxygen atoms in total. The molecule has 2 rings (SSSR count). The van der Waals surface area contributed by atoms with Crippen LogP contribution >= 0.6 is 0 Å². The van der Waals surface area contributed by atoms with Gasteiger partial charge in [-0.05, 0) is 19.4 Å². The van der Waals surface area contributed by atoms with Crippen molar-refractivity contribution in [1.29, 1.82) is 0 Å². The van der Waals surface area contributed by atoms with E-state index in [2.05, 4.69) is 10.5 Å².